The number of nitrogens with one attached hydrogen (secondary N) is 2. The summed E-state index contributed by atoms with van der Waals surface area (Å²) in [5.41, 5.74) is 0. The van der Waals surface area contributed by atoms with Gasteiger partial charge in [0.15, 0.2) is 0 Å². The Morgan fingerprint density at radius 1 is 1.56 bits per heavy atom. The van der Waals surface area contributed by atoms with E-state index in [9.17, 15) is 4.79 Å². The zero-order valence-corrected chi connectivity index (χ0v) is 9.19. The Balaban J connectivity index is 1.95. The molecule has 1 amide bonds. The molecule has 1 aliphatic heterocycles. The number of hydrogen-bond donors (Lipinski definition) is 2. The molecule has 1 atom stereocenters. The van der Waals surface area contributed by atoms with Gasteiger partial charge in [-0.05, 0) is 12.5 Å². The van der Waals surface area contributed by atoms with Crippen LogP contribution in [0.5, 0.6) is 5.88 Å². The summed E-state index contributed by atoms with van der Waals surface area (Å²) in [4.78, 5) is 15.2. The summed E-state index contributed by atoms with van der Waals surface area (Å²) >= 11 is 0. The summed E-state index contributed by atoms with van der Waals surface area (Å²) in [6.45, 7) is 0.651. The minimum absolute atomic E-state index is 0.122. The van der Waals surface area contributed by atoms with Crippen LogP contribution in [0, 0.1) is 0 Å². The lowest BCUT2D eigenvalue weighted by molar-refractivity contribution is -0.122. The number of ether oxygens (including phenoxy) is 1. The highest BCUT2D eigenvalue weighted by molar-refractivity contribution is 5.76. The van der Waals surface area contributed by atoms with Crippen LogP contribution >= 0.6 is 0 Å². The van der Waals surface area contributed by atoms with Crippen molar-refractivity contribution in [2.24, 2.45) is 0 Å². The number of methoxy groups -OCH3 is 1. The predicted molar refractivity (Wildman–Crippen MR) is 60.4 cm³/mol. The zero-order valence-electron chi connectivity index (χ0n) is 9.19. The monoisotopic (exact) mass is 221 g/mol. The van der Waals surface area contributed by atoms with Crippen molar-refractivity contribution >= 4 is 11.7 Å². The molecule has 0 aliphatic carbocycles. The number of rotatable bonds is 3. The van der Waals surface area contributed by atoms with E-state index in [0.717, 1.165) is 12.2 Å². The molecule has 2 N–H and O–H groups in total. The molecular formula is C11H15N3O2. The number of anilines is 1. The number of aromatic nitrogens is 1. The molecule has 0 spiro atoms. The Labute approximate surface area is 94.2 Å². The number of hydrogen-bond acceptors (Lipinski definition) is 4. The van der Waals surface area contributed by atoms with Crippen molar-refractivity contribution in [3.8, 4) is 5.88 Å². The summed E-state index contributed by atoms with van der Waals surface area (Å²) in [5.74, 6) is 1.49. The van der Waals surface area contributed by atoms with Gasteiger partial charge < -0.3 is 15.4 Å². The van der Waals surface area contributed by atoms with Crippen molar-refractivity contribution in [2.45, 2.75) is 18.9 Å². The Morgan fingerprint density at radius 3 is 3.12 bits per heavy atom. The van der Waals surface area contributed by atoms with Crippen LogP contribution in [0.4, 0.5) is 5.82 Å². The minimum atomic E-state index is 0.122. The van der Waals surface area contributed by atoms with E-state index in [0.29, 0.717) is 18.8 Å². The van der Waals surface area contributed by atoms with Crippen LogP contribution in [0.3, 0.4) is 0 Å². The lowest BCUT2D eigenvalue weighted by Crippen LogP contribution is -2.42. The maximum Gasteiger partial charge on any atom is 0.220 e. The molecule has 1 aliphatic rings. The van der Waals surface area contributed by atoms with Gasteiger partial charge in [-0.1, -0.05) is 6.07 Å². The molecule has 2 heterocycles. The lowest BCUT2D eigenvalue weighted by atomic mass is 10.1. The SMILES string of the molecule is COc1cccc(NC2CCC(=O)NC2)n1. The number of carbonyl (C=O) groups excluding carboxylic acids is 1. The van der Waals surface area contributed by atoms with Gasteiger partial charge in [0.25, 0.3) is 0 Å². The average Bonchev–Trinajstić information content (AvgIpc) is 2.32. The largest absolute Gasteiger partial charge is 0.481 e. The third-order valence-electron chi connectivity index (χ3n) is 2.55. The van der Waals surface area contributed by atoms with Crippen molar-refractivity contribution < 1.29 is 9.53 Å². The number of nitrogens with zero attached hydrogens (tertiary/aromatic N) is 1. The highest BCUT2D eigenvalue weighted by atomic mass is 16.5. The molecule has 0 bridgehead atoms. The number of amides is 1. The van der Waals surface area contributed by atoms with Crippen LogP contribution in [-0.2, 0) is 4.79 Å². The van der Waals surface area contributed by atoms with Gasteiger partial charge in [0.05, 0.1) is 7.11 Å². The summed E-state index contributed by atoms with van der Waals surface area (Å²) < 4.78 is 5.04. The highest BCUT2D eigenvalue weighted by Crippen LogP contribution is 2.14. The first-order valence-electron chi connectivity index (χ1n) is 5.32. The van der Waals surface area contributed by atoms with E-state index in [1.54, 1.807) is 13.2 Å². The average molecular weight is 221 g/mol. The molecule has 5 nitrogen and oxygen atoms in total. The van der Waals surface area contributed by atoms with Gasteiger partial charge in [0.1, 0.15) is 5.82 Å². The maximum absolute atomic E-state index is 11.0. The summed E-state index contributed by atoms with van der Waals surface area (Å²) in [6.07, 6.45) is 1.41. The Hall–Kier alpha value is -1.78. The molecule has 1 saturated heterocycles. The third kappa shape index (κ3) is 2.62. The molecule has 2 rings (SSSR count). The minimum Gasteiger partial charge on any atom is -0.481 e. The number of pyridine rings is 1. The molecule has 0 aromatic carbocycles. The van der Waals surface area contributed by atoms with E-state index in [1.807, 2.05) is 12.1 Å². The van der Waals surface area contributed by atoms with E-state index in [1.165, 1.54) is 0 Å². The zero-order chi connectivity index (χ0) is 11.4. The molecule has 1 aromatic rings. The van der Waals surface area contributed by atoms with Crippen LogP contribution in [0.1, 0.15) is 12.8 Å². The fourth-order valence-electron chi connectivity index (χ4n) is 1.67. The van der Waals surface area contributed by atoms with Gasteiger partial charge in [0.2, 0.25) is 11.8 Å². The second-order valence-corrected chi connectivity index (χ2v) is 3.75. The third-order valence-corrected chi connectivity index (χ3v) is 2.55. The van der Waals surface area contributed by atoms with Crippen LogP contribution in [0.15, 0.2) is 18.2 Å². The van der Waals surface area contributed by atoms with Gasteiger partial charge in [-0.25, -0.2) is 0 Å². The Bertz CT molecular complexity index is 371. The van der Waals surface area contributed by atoms with E-state index < -0.39 is 0 Å². The van der Waals surface area contributed by atoms with Crippen molar-refractivity contribution in [1.82, 2.24) is 10.3 Å². The fraction of sp³-hybridized carbons (Fsp3) is 0.455. The number of piperidine rings is 1. The lowest BCUT2D eigenvalue weighted by Gasteiger charge is -2.23. The van der Waals surface area contributed by atoms with Crippen molar-refractivity contribution in [3.05, 3.63) is 18.2 Å². The molecular weight excluding hydrogens is 206 g/mol. The van der Waals surface area contributed by atoms with Gasteiger partial charge in [0, 0.05) is 25.1 Å². The van der Waals surface area contributed by atoms with Gasteiger partial charge in [-0.3, -0.25) is 4.79 Å². The van der Waals surface area contributed by atoms with Crippen LogP contribution < -0.4 is 15.4 Å². The normalized spacial score (nSPS) is 20.1. The van der Waals surface area contributed by atoms with Crippen molar-refractivity contribution in [1.29, 1.82) is 0 Å². The Morgan fingerprint density at radius 2 is 2.44 bits per heavy atom. The van der Waals surface area contributed by atoms with Gasteiger partial charge >= 0.3 is 0 Å². The first-order chi connectivity index (χ1) is 7.78. The topological polar surface area (TPSA) is 63.2 Å². The van der Waals surface area contributed by atoms with Crippen LogP contribution in [-0.4, -0.2) is 30.6 Å². The quantitative estimate of drug-likeness (QED) is 0.791. The van der Waals surface area contributed by atoms with Crippen LogP contribution in [0.25, 0.3) is 0 Å². The second kappa shape index (κ2) is 4.83. The first-order valence-corrected chi connectivity index (χ1v) is 5.32. The second-order valence-electron chi connectivity index (χ2n) is 3.75. The summed E-state index contributed by atoms with van der Waals surface area (Å²) in [5, 5.41) is 6.09. The molecule has 1 fully saturated rings. The molecule has 1 aromatic heterocycles. The van der Waals surface area contributed by atoms with Crippen LogP contribution in [0.2, 0.25) is 0 Å². The fourth-order valence-corrected chi connectivity index (χ4v) is 1.67. The van der Waals surface area contributed by atoms with Crippen molar-refractivity contribution in [3.63, 3.8) is 0 Å². The molecule has 0 radical (unpaired) electrons. The standard InChI is InChI=1S/C11H15N3O2/c1-16-11-4-2-3-9(14-11)13-8-5-6-10(15)12-7-8/h2-4,8H,5-7H2,1H3,(H,12,15)(H,13,14). The van der Waals surface area contributed by atoms with E-state index in [4.69, 9.17) is 4.74 Å². The van der Waals surface area contributed by atoms with Crippen molar-refractivity contribution in [2.75, 3.05) is 19.0 Å². The summed E-state index contributed by atoms with van der Waals surface area (Å²) in [7, 11) is 1.59. The highest BCUT2D eigenvalue weighted by Gasteiger charge is 2.17. The molecule has 0 saturated carbocycles. The number of carbonyl (C=O) groups is 1. The van der Waals surface area contributed by atoms with E-state index in [-0.39, 0.29) is 11.9 Å². The van der Waals surface area contributed by atoms with E-state index >= 15 is 0 Å². The maximum atomic E-state index is 11.0. The van der Waals surface area contributed by atoms with Gasteiger partial charge in [-0.15, -0.1) is 0 Å². The smallest absolute Gasteiger partial charge is 0.220 e. The molecule has 86 valence electrons. The predicted octanol–water partition coefficient (Wildman–Crippen LogP) is 0.781. The molecule has 16 heavy (non-hydrogen) atoms. The first kappa shape index (κ1) is 10.7. The van der Waals surface area contributed by atoms with Gasteiger partial charge in [-0.2, -0.15) is 4.98 Å². The summed E-state index contributed by atoms with van der Waals surface area (Å²) in [6, 6.07) is 5.82. The molecule has 1 unspecified atom stereocenters. The Kier molecular flexibility index (Phi) is 3.24. The molecule has 5 heteroatoms. The van der Waals surface area contributed by atoms with E-state index in [2.05, 4.69) is 15.6 Å².